The third-order valence-corrected chi connectivity index (χ3v) is 0.448. The predicted octanol–water partition coefficient (Wildman–Crippen LogP) is -4.32. The molecule has 7 nitrogen and oxygen atoms in total. The fourth-order valence-electron chi connectivity index (χ4n) is 0.143. The van der Waals surface area contributed by atoms with E-state index in [0.29, 0.717) is 0 Å². The first kappa shape index (κ1) is 19.0. The van der Waals surface area contributed by atoms with Crippen LogP contribution in [0, 0.1) is 0 Å². The molecule has 0 atom stereocenters. The third-order valence-electron chi connectivity index (χ3n) is 0.448. The van der Waals surface area contributed by atoms with E-state index in [2.05, 4.69) is 9.72 Å². The molecule has 0 bridgehead atoms. The Balaban J connectivity index is -0.000000163. The number of carboxylic acid groups (broad SMARTS) is 2. The first-order valence-corrected chi connectivity index (χ1v) is 2.58. The fourth-order valence-corrected chi connectivity index (χ4v) is 0.143. The number of carboxylic acids is 2. The topological polar surface area (TPSA) is 116 Å². The normalized spacial score (nSPS) is 7.64. The Morgan fingerprint density at radius 1 is 1.21 bits per heavy atom. The molecule has 0 heterocycles. The van der Waals surface area contributed by atoms with E-state index < -0.39 is 25.7 Å². The number of rotatable bonds is 4. The van der Waals surface area contributed by atoms with Crippen molar-refractivity contribution in [3.8, 4) is 0 Å². The zero-order valence-corrected chi connectivity index (χ0v) is 6.98. The average Bonchev–Trinajstić information content (AvgIpc) is 2.01. The van der Waals surface area contributed by atoms with Crippen molar-refractivity contribution in [3.63, 3.8) is 0 Å². The Kier molecular flexibility index (Phi) is 16.8. The molecule has 0 fully saturated rings. The van der Waals surface area contributed by atoms with Crippen molar-refractivity contribution in [1.29, 1.82) is 0 Å². The predicted molar refractivity (Wildman–Crippen MR) is 30.0 cm³/mol. The van der Waals surface area contributed by atoms with Gasteiger partial charge in [-0.05, 0) is 0 Å². The number of hydrogen-bond acceptors (Lipinski definition) is 5. The fraction of sp³-hybridized carbons (Fsp3) is 0.333. The van der Waals surface area contributed by atoms with Gasteiger partial charge in [-0.1, -0.05) is 9.05 Å². The largest absolute Gasteiger partial charge is 1.00 e. The average molecular weight is 208 g/mol. The van der Waals surface area contributed by atoms with Gasteiger partial charge in [0.25, 0.3) is 0 Å². The summed E-state index contributed by atoms with van der Waals surface area (Å²) >= 11 is 0. The Labute approximate surface area is 88.8 Å². The van der Waals surface area contributed by atoms with Crippen LogP contribution < -0.4 is 23.9 Å². The second-order valence-corrected chi connectivity index (χ2v) is 1.43. The molecule has 11 heteroatoms. The van der Waals surface area contributed by atoms with E-state index in [4.69, 9.17) is 15.2 Å². The van der Waals surface area contributed by atoms with Crippen molar-refractivity contribution >= 4 is 19.3 Å². The zero-order chi connectivity index (χ0) is 10.9. The molecule has 0 saturated heterocycles. The van der Waals surface area contributed by atoms with Crippen LogP contribution in [0.4, 0.5) is 9.05 Å². The quantitative estimate of drug-likeness (QED) is 0.354. The van der Waals surface area contributed by atoms with Gasteiger partial charge in [-0.25, -0.2) is 9.72 Å². The van der Waals surface area contributed by atoms with E-state index in [-0.39, 0.29) is 18.9 Å². The number of hydrogen-bond donors (Lipinski definition) is 2. The molecule has 0 aliphatic heterocycles. The molecule has 0 amide bonds. The molecule has 0 aromatic heterocycles. The van der Waals surface area contributed by atoms with Crippen molar-refractivity contribution < 1.29 is 62.5 Å². The second-order valence-electron chi connectivity index (χ2n) is 1.43. The number of halogens is 2. The van der Waals surface area contributed by atoms with Crippen LogP contribution in [0.3, 0.4) is 0 Å². The zero-order valence-electron chi connectivity index (χ0n) is 6.98. The van der Waals surface area contributed by atoms with Crippen molar-refractivity contribution in [1.82, 2.24) is 0 Å². The first-order valence-electron chi connectivity index (χ1n) is 2.58. The molecule has 14 heavy (non-hydrogen) atoms. The number of carbonyl (C=O) groups is 2. The van der Waals surface area contributed by atoms with Gasteiger partial charge in [0, 0.05) is 0 Å². The summed E-state index contributed by atoms with van der Waals surface area (Å²) in [5.74, 6) is -2.62. The molecule has 0 unspecified atom stereocenters. The second kappa shape index (κ2) is 12.3. The summed E-state index contributed by atoms with van der Waals surface area (Å²) < 4.78 is 20.4. The van der Waals surface area contributed by atoms with Gasteiger partial charge in [0.1, 0.15) is 6.42 Å². The van der Waals surface area contributed by atoms with E-state index in [0.717, 1.165) is 0 Å². The monoisotopic (exact) mass is 208 g/mol. The summed E-state index contributed by atoms with van der Waals surface area (Å²) in [6, 6.07) is 0. The van der Waals surface area contributed by atoms with E-state index >= 15 is 0 Å². The van der Waals surface area contributed by atoms with Crippen molar-refractivity contribution in [2.24, 2.45) is 0 Å². The molecule has 0 aliphatic carbocycles. The SMILES string of the molecule is O=C(O)CC(=O)O.[Li+].[O-]B(OF)OF. The van der Waals surface area contributed by atoms with E-state index in [1.807, 2.05) is 0 Å². The molecule has 0 saturated carbocycles. The summed E-state index contributed by atoms with van der Waals surface area (Å²) in [5, 5.41) is 24.5. The molecule has 0 radical (unpaired) electrons. The first-order chi connectivity index (χ1) is 5.93. The van der Waals surface area contributed by atoms with Crippen LogP contribution in [-0.2, 0) is 19.3 Å². The summed E-state index contributed by atoms with van der Waals surface area (Å²) in [5.41, 5.74) is 0. The smallest absolute Gasteiger partial charge is 0.827 e. The van der Waals surface area contributed by atoms with Crippen LogP contribution in [-0.4, -0.2) is 29.5 Å². The molecule has 0 aromatic rings. The summed E-state index contributed by atoms with van der Waals surface area (Å²) in [4.78, 5) is 23.4. The Morgan fingerprint density at radius 3 is 1.50 bits per heavy atom. The maximum absolute atomic E-state index is 10.2. The Hall–Kier alpha value is -0.658. The Bertz CT molecular complexity index is 153. The van der Waals surface area contributed by atoms with E-state index in [1.54, 1.807) is 0 Å². The molecule has 2 N–H and O–H groups in total. The van der Waals surface area contributed by atoms with Crippen molar-refractivity contribution in [3.05, 3.63) is 0 Å². The minimum atomic E-state index is -2.65. The summed E-state index contributed by atoms with van der Waals surface area (Å²) in [6.07, 6.45) is -0.806. The van der Waals surface area contributed by atoms with Crippen molar-refractivity contribution in [2.75, 3.05) is 0 Å². The minimum absolute atomic E-state index is 0. The molecule has 76 valence electrons. The van der Waals surface area contributed by atoms with Gasteiger partial charge in [-0.2, -0.15) is 0 Å². The molecular formula is C3H4BF2LiO7. The van der Waals surface area contributed by atoms with Gasteiger partial charge in [-0.3, -0.25) is 9.59 Å². The van der Waals surface area contributed by atoms with E-state index in [1.165, 1.54) is 0 Å². The number of aliphatic carboxylic acids is 2. The van der Waals surface area contributed by atoms with Gasteiger partial charge in [0.2, 0.25) is 0 Å². The van der Waals surface area contributed by atoms with Crippen LogP contribution in [0.1, 0.15) is 6.42 Å². The molecule has 0 spiro atoms. The van der Waals surface area contributed by atoms with Crippen LogP contribution in [0.5, 0.6) is 0 Å². The van der Waals surface area contributed by atoms with Crippen LogP contribution in [0.25, 0.3) is 0 Å². The molecule has 0 aliphatic rings. The van der Waals surface area contributed by atoms with Crippen molar-refractivity contribution in [2.45, 2.75) is 6.42 Å². The molecule has 0 rings (SSSR count). The van der Waals surface area contributed by atoms with Crippen LogP contribution >= 0.6 is 0 Å². The van der Waals surface area contributed by atoms with Gasteiger partial charge >= 0.3 is 38.1 Å². The van der Waals surface area contributed by atoms with Gasteiger partial charge in [0.15, 0.2) is 0 Å². The maximum atomic E-state index is 10.2. The minimum Gasteiger partial charge on any atom is -0.827 e. The van der Waals surface area contributed by atoms with Crippen LogP contribution in [0.2, 0.25) is 0 Å². The van der Waals surface area contributed by atoms with Gasteiger partial charge < -0.3 is 15.2 Å². The molecular weight excluding hydrogens is 204 g/mol. The van der Waals surface area contributed by atoms with Crippen LogP contribution in [0.15, 0.2) is 0 Å². The standard InChI is InChI=1S/C3H4O4.BF2O3.Li/c4-2(5)1-3(6)7;2-5-1(4)6-3;/h1H2,(H,4,5)(H,6,7);;/q;-1;+1. The summed E-state index contributed by atoms with van der Waals surface area (Å²) in [6.45, 7) is 0. The van der Waals surface area contributed by atoms with E-state index in [9.17, 15) is 18.6 Å². The summed E-state index contributed by atoms with van der Waals surface area (Å²) in [7, 11) is -2.65. The maximum Gasteiger partial charge on any atom is 1.00 e. The Morgan fingerprint density at radius 2 is 1.50 bits per heavy atom. The van der Waals surface area contributed by atoms with Gasteiger partial charge in [-0.15, -0.1) is 0 Å². The molecule has 0 aromatic carbocycles. The van der Waals surface area contributed by atoms with Gasteiger partial charge in [0.05, 0.1) is 0 Å². The third kappa shape index (κ3) is 22.5.